The molecule has 3 fully saturated rings. The minimum atomic E-state index is 0.0515. The fourth-order valence-corrected chi connectivity index (χ4v) is 4.52. The van der Waals surface area contributed by atoms with Gasteiger partial charge in [-0.15, -0.1) is 11.3 Å². The Labute approximate surface area is 129 Å². The second-order valence-corrected chi connectivity index (χ2v) is 7.33. The summed E-state index contributed by atoms with van der Waals surface area (Å²) in [6.07, 6.45) is 7.70. The second-order valence-electron chi connectivity index (χ2n) is 6.38. The van der Waals surface area contributed by atoms with Gasteiger partial charge in [0.25, 0.3) is 0 Å². The number of fused-ring (bicyclic) bond motifs is 5. The lowest BCUT2D eigenvalue weighted by molar-refractivity contribution is 0.201. The smallest absolute Gasteiger partial charge is 0.321 e. The molecule has 0 saturated carbocycles. The quantitative estimate of drug-likeness (QED) is 0.866. The zero-order chi connectivity index (χ0) is 14.2. The summed E-state index contributed by atoms with van der Waals surface area (Å²) < 4.78 is 0. The molecule has 1 unspecified atom stereocenters. The van der Waals surface area contributed by atoms with Crippen LogP contribution in [0.1, 0.15) is 29.7 Å². The van der Waals surface area contributed by atoms with Crippen molar-refractivity contribution >= 4 is 23.4 Å². The predicted molar refractivity (Wildman–Crippen MR) is 85.0 cm³/mol. The van der Waals surface area contributed by atoms with E-state index in [1.807, 2.05) is 12.3 Å². The Kier molecular flexibility index (Phi) is 3.47. The van der Waals surface area contributed by atoms with Crippen LogP contribution < -0.4 is 5.32 Å². The molecule has 0 spiro atoms. The van der Waals surface area contributed by atoms with Gasteiger partial charge in [-0.1, -0.05) is 0 Å². The summed E-state index contributed by atoms with van der Waals surface area (Å²) in [6.45, 7) is 4.13. The predicted octanol–water partition coefficient (Wildman–Crippen LogP) is 2.73. The van der Waals surface area contributed by atoms with Crippen LogP contribution in [-0.4, -0.2) is 41.5 Å². The van der Waals surface area contributed by atoms with Crippen LogP contribution in [0.3, 0.4) is 0 Å². The molecule has 4 nitrogen and oxygen atoms in total. The van der Waals surface area contributed by atoms with Crippen molar-refractivity contribution in [3.05, 3.63) is 28.1 Å². The molecule has 0 radical (unpaired) electrons. The number of amides is 2. The molecular formula is C16H21N3OS. The molecule has 5 heterocycles. The summed E-state index contributed by atoms with van der Waals surface area (Å²) in [5.74, 6) is 0.800. The highest BCUT2D eigenvalue weighted by molar-refractivity contribution is 7.11. The van der Waals surface area contributed by atoms with E-state index in [9.17, 15) is 4.79 Å². The third kappa shape index (κ3) is 2.72. The molecule has 112 valence electrons. The number of rotatable bonds is 1. The number of carbonyl (C=O) groups excluding carboxylic acids is 1. The van der Waals surface area contributed by atoms with Gasteiger partial charge in [-0.05, 0) is 61.4 Å². The van der Waals surface area contributed by atoms with Gasteiger partial charge in [-0.3, -0.25) is 4.90 Å². The lowest BCUT2D eigenvalue weighted by Crippen LogP contribution is -2.46. The second kappa shape index (κ2) is 5.46. The molecule has 2 amide bonds. The SMILES string of the molecule is O=C(NC1CC2CCN(CC2)C1)N1C=Cc2sccc2C1. The average molecular weight is 303 g/mol. The van der Waals surface area contributed by atoms with Crippen molar-refractivity contribution in [2.45, 2.75) is 31.8 Å². The Morgan fingerprint density at radius 2 is 2.19 bits per heavy atom. The Morgan fingerprint density at radius 3 is 3.05 bits per heavy atom. The fraction of sp³-hybridized carbons (Fsp3) is 0.562. The van der Waals surface area contributed by atoms with Crippen LogP contribution in [0.5, 0.6) is 0 Å². The molecule has 1 N–H and O–H groups in total. The van der Waals surface area contributed by atoms with E-state index in [0.717, 1.165) is 18.9 Å². The van der Waals surface area contributed by atoms with Gasteiger partial charge in [0.15, 0.2) is 0 Å². The molecular weight excluding hydrogens is 282 g/mol. The van der Waals surface area contributed by atoms with Gasteiger partial charge >= 0.3 is 6.03 Å². The fourth-order valence-electron chi connectivity index (χ4n) is 3.71. The normalized spacial score (nSPS) is 30.9. The van der Waals surface area contributed by atoms with E-state index in [0.29, 0.717) is 12.6 Å². The zero-order valence-electron chi connectivity index (χ0n) is 12.1. The molecule has 5 heteroatoms. The van der Waals surface area contributed by atoms with Gasteiger partial charge < -0.3 is 10.2 Å². The maximum atomic E-state index is 12.5. The van der Waals surface area contributed by atoms with Gasteiger partial charge in [0, 0.05) is 23.7 Å². The Morgan fingerprint density at radius 1 is 1.33 bits per heavy atom. The average Bonchev–Trinajstić information content (AvgIpc) is 2.78. The van der Waals surface area contributed by atoms with Gasteiger partial charge in [0.1, 0.15) is 0 Å². The maximum absolute atomic E-state index is 12.5. The molecule has 5 rings (SSSR count). The van der Waals surface area contributed by atoms with E-state index in [4.69, 9.17) is 0 Å². The molecule has 1 aromatic heterocycles. The minimum Gasteiger partial charge on any atom is -0.334 e. The van der Waals surface area contributed by atoms with Crippen molar-refractivity contribution in [3.8, 4) is 0 Å². The topological polar surface area (TPSA) is 35.6 Å². The highest BCUT2D eigenvalue weighted by atomic mass is 32.1. The summed E-state index contributed by atoms with van der Waals surface area (Å²) in [5.41, 5.74) is 1.25. The first-order valence-electron chi connectivity index (χ1n) is 7.82. The Balaban J connectivity index is 1.40. The molecule has 1 aromatic rings. The van der Waals surface area contributed by atoms with Gasteiger partial charge in [-0.2, -0.15) is 0 Å². The number of nitrogens with zero attached hydrogens (tertiary/aromatic N) is 2. The first kappa shape index (κ1) is 13.3. The summed E-state index contributed by atoms with van der Waals surface area (Å²) in [5, 5.41) is 5.34. The van der Waals surface area contributed by atoms with E-state index in [1.165, 1.54) is 36.4 Å². The minimum absolute atomic E-state index is 0.0515. The van der Waals surface area contributed by atoms with Crippen LogP contribution in [-0.2, 0) is 6.54 Å². The van der Waals surface area contributed by atoms with Crippen LogP contribution >= 0.6 is 11.3 Å². The molecule has 1 atom stereocenters. The zero-order valence-corrected chi connectivity index (χ0v) is 12.9. The lowest BCUT2D eigenvalue weighted by Gasteiger charge is -2.27. The van der Waals surface area contributed by atoms with Crippen molar-refractivity contribution in [1.82, 2.24) is 15.1 Å². The molecule has 0 aromatic carbocycles. The van der Waals surface area contributed by atoms with E-state index in [2.05, 4.69) is 21.7 Å². The van der Waals surface area contributed by atoms with E-state index in [1.54, 1.807) is 16.2 Å². The number of nitrogens with one attached hydrogen (secondary N) is 1. The highest BCUT2D eigenvalue weighted by Crippen LogP contribution is 2.28. The van der Waals surface area contributed by atoms with Crippen LogP contribution in [0.15, 0.2) is 17.6 Å². The maximum Gasteiger partial charge on any atom is 0.321 e. The van der Waals surface area contributed by atoms with Crippen LogP contribution in [0.2, 0.25) is 0 Å². The first-order valence-corrected chi connectivity index (χ1v) is 8.70. The van der Waals surface area contributed by atoms with Crippen LogP contribution in [0.25, 0.3) is 6.08 Å². The molecule has 4 aliphatic heterocycles. The van der Waals surface area contributed by atoms with Crippen molar-refractivity contribution in [2.75, 3.05) is 19.6 Å². The standard InChI is InChI=1S/C16H21N3OS/c20-16(19-7-3-15-13(10-19)4-8-21-15)17-14-9-12-1-5-18(11-14)6-2-12/h3-4,7-8,12,14H,1-2,5-6,9-11H2,(H,17,20). The monoisotopic (exact) mass is 303 g/mol. The van der Waals surface area contributed by atoms with Crippen molar-refractivity contribution in [3.63, 3.8) is 0 Å². The Hall–Kier alpha value is -1.33. The number of piperidine rings is 1. The largest absolute Gasteiger partial charge is 0.334 e. The summed E-state index contributed by atoms with van der Waals surface area (Å²) in [6, 6.07) is 2.47. The summed E-state index contributed by atoms with van der Waals surface area (Å²) in [7, 11) is 0. The van der Waals surface area contributed by atoms with Crippen molar-refractivity contribution in [2.24, 2.45) is 5.92 Å². The molecule has 0 aliphatic carbocycles. The van der Waals surface area contributed by atoms with Gasteiger partial charge in [0.05, 0.1) is 6.54 Å². The highest BCUT2D eigenvalue weighted by Gasteiger charge is 2.30. The van der Waals surface area contributed by atoms with Gasteiger partial charge in [-0.25, -0.2) is 4.79 Å². The molecule has 2 bridgehead atoms. The van der Waals surface area contributed by atoms with E-state index in [-0.39, 0.29) is 6.03 Å². The van der Waals surface area contributed by atoms with Crippen LogP contribution in [0, 0.1) is 5.92 Å². The van der Waals surface area contributed by atoms with E-state index < -0.39 is 0 Å². The first-order chi connectivity index (χ1) is 10.3. The Bertz CT molecular complexity index is 546. The molecule has 21 heavy (non-hydrogen) atoms. The number of urea groups is 1. The number of thiophene rings is 1. The van der Waals surface area contributed by atoms with Crippen molar-refractivity contribution < 1.29 is 4.79 Å². The lowest BCUT2D eigenvalue weighted by atomic mass is 9.94. The number of hydrogen-bond acceptors (Lipinski definition) is 3. The third-order valence-electron chi connectivity index (χ3n) is 4.92. The van der Waals surface area contributed by atoms with E-state index >= 15 is 0 Å². The summed E-state index contributed by atoms with van der Waals surface area (Å²) >= 11 is 1.73. The number of carbonyl (C=O) groups is 1. The van der Waals surface area contributed by atoms with Crippen LogP contribution in [0.4, 0.5) is 4.79 Å². The molecule has 4 aliphatic rings. The number of hydrogen-bond donors (Lipinski definition) is 1. The molecule has 3 saturated heterocycles. The van der Waals surface area contributed by atoms with Crippen molar-refractivity contribution in [1.29, 1.82) is 0 Å². The third-order valence-corrected chi connectivity index (χ3v) is 5.84. The summed E-state index contributed by atoms with van der Waals surface area (Å²) in [4.78, 5) is 18.1. The van der Waals surface area contributed by atoms with Gasteiger partial charge in [0.2, 0.25) is 0 Å².